The Kier molecular flexibility index (Phi) is 6.84. The van der Waals surface area contributed by atoms with Gasteiger partial charge in [0.1, 0.15) is 5.69 Å². The lowest BCUT2D eigenvalue weighted by molar-refractivity contribution is -0.205. The van der Waals surface area contributed by atoms with Gasteiger partial charge in [0.15, 0.2) is 17.9 Å². The third-order valence-electron chi connectivity index (χ3n) is 6.28. The van der Waals surface area contributed by atoms with Crippen molar-refractivity contribution in [2.75, 3.05) is 0 Å². The largest absolute Gasteiger partial charge is 0.490 e. The van der Waals surface area contributed by atoms with E-state index in [1.165, 1.54) is 12.1 Å². The molecule has 13 heteroatoms. The first-order valence-corrected chi connectivity index (χ1v) is 12.5. The molecule has 42 heavy (non-hydrogen) atoms. The van der Waals surface area contributed by atoms with Crippen molar-refractivity contribution in [2.45, 2.75) is 12.4 Å². The number of hydrogen-bond donors (Lipinski definition) is 2. The maximum absolute atomic E-state index is 12.6. The zero-order valence-electron chi connectivity index (χ0n) is 21.4. The lowest BCUT2D eigenvalue weighted by Crippen LogP contribution is -2.29. The van der Waals surface area contributed by atoms with E-state index in [-0.39, 0.29) is 5.56 Å². The molecule has 0 saturated heterocycles. The Morgan fingerprint density at radius 2 is 1.55 bits per heavy atom. The number of halogens is 3. The van der Waals surface area contributed by atoms with Gasteiger partial charge in [0.2, 0.25) is 5.82 Å². The van der Waals surface area contributed by atoms with Crippen LogP contribution in [0, 0.1) is 0 Å². The highest BCUT2D eigenvalue weighted by atomic mass is 19.4. The fourth-order valence-corrected chi connectivity index (χ4v) is 4.31. The first-order valence-electron chi connectivity index (χ1n) is 12.5. The average molecular weight is 569 g/mol. The van der Waals surface area contributed by atoms with E-state index in [1.54, 1.807) is 42.9 Å². The Morgan fingerprint density at radius 1 is 0.810 bits per heavy atom. The number of carbonyl (C=O) groups excluding carboxylic acids is 1. The van der Waals surface area contributed by atoms with Gasteiger partial charge in [0.25, 0.3) is 0 Å². The molecule has 4 aromatic heterocycles. The van der Waals surface area contributed by atoms with E-state index in [4.69, 9.17) is 10.7 Å². The van der Waals surface area contributed by atoms with Crippen LogP contribution in [0.5, 0.6) is 0 Å². The van der Waals surface area contributed by atoms with Gasteiger partial charge in [-0.1, -0.05) is 54.6 Å². The second-order valence-electron chi connectivity index (χ2n) is 9.00. The van der Waals surface area contributed by atoms with Gasteiger partial charge in [0.05, 0.1) is 11.2 Å². The Morgan fingerprint density at radius 3 is 2.26 bits per heavy atom. The molecule has 10 nitrogen and oxygen atoms in total. The molecule has 4 heterocycles. The number of aromatic amines is 1. The summed E-state index contributed by atoms with van der Waals surface area (Å²) in [5.74, 6) is -1.27. The monoisotopic (exact) mass is 568 g/mol. The van der Waals surface area contributed by atoms with Crippen molar-refractivity contribution >= 4 is 16.9 Å². The Balaban J connectivity index is 1.42. The zero-order valence-corrected chi connectivity index (χ0v) is 21.4. The van der Waals surface area contributed by atoms with Crippen LogP contribution >= 0.6 is 0 Å². The van der Waals surface area contributed by atoms with E-state index in [0.717, 1.165) is 11.1 Å². The summed E-state index contributed by atoms with van der Waals surface area (Å²) < 4.78 is 42.2. The number of fused-ring (bicyclic) bond motifs is 1. The Hall–Kier alpha value is -5.56. The van der Waals surface area contributed by atoms with Crippen LogP contribution in [0.4, 0.5) is 13.2 Å². The molecule has 6 aromatic rings. The predicted molar refractivity (Wildman–Crippen MR) is 146 cm³/mol. The molecule has 208 valence electrons. The molecule has 0 amide bonds. The minimum absolute atomic E-state index is 0.188. The van der Waals surface area contributed by atoms with Crippen LogP contribution in [0.2, 0.25) is 0 Å². The standard InChI is InChI=1S/C29H19F3N8O2/c30-29(31,32)28(41)42-24(33)18-9-7-17(8-10-18)22-19(16-5-2-1-3-6-16)15-20-21(37-22)11-14-34-23(20)25-38-27(40-39-25)26-35-12-4-13-36-26/h1-15,24H,33H2,(H,38,39,40). The number of aromatic nitrogens is 7. The van der Waals surface area contributed by atoms with Gasteiger partial charge in [-0.05, 0) is 23.8 Å². The number of pyridine rings is 2. The number of ether oxygens (including phenoxy) is 1. The molecule has 0 aliphatic carbocycles. The lowest BCUT2D eigenvalue weighted by atomic mass is 9.96. The molecule has 0 aliphatic rings. The minimum Gasteiger partial charge on any atom is -0.436 e. The first kappa shape index (κ1) is 26.7. The van der Waals surface area contributed by atoms with Gasteiger partial charge < -0.3 is 4.74 Å². The number of rotatable bonds is 6. The van der Waals surface area contributed by atoms with Gasteiger partial charge in [-0.2, -0.15) is 13.2 Å². The number of nitrogens with zero attached hydrogens (tertiary/aromatic N) is 6. The smallest absolute Gasteiger partial charge is 0.436 e. The van der Waals surface area contributed by atoms with Crippen molar-refractivity contribution in [3.05, 3.63) is 97.0 Å². The topological polar surface area (TPSA) is 145 Å². The van der Waals surface area contributed by atoms with Crippen LogP contribution in [0.3, 0.4) is 0 Å². The molecule has 0 spiro atoms. The van der Waals surface area contributed by atoms with Crippen LogP contribution in [0.1, 0.15) is 11.8 Å². The van der Waals surface area contributed by atoms with Gasteiger partial charge in [-0.25, -0.2) is 24.7 Å². The fraction of sp³-hybridized carbons (Fsp3) is 0.0690. The molecule has 6 rings (SSSR count). The molecule has 1 unspecified atom stereocenters. The summed E-state index contributed by atoms with van der Waals surface area (Å²) in [5, 5.41) is 7.86. The molecule has 3 N–H and O–H groups in total. The number of nitrogens with one attached hydrogen (secondary N) is 1. The highest BCUT2D eigenvalue weighted by Gasteiger charge is 2.42. The molecule has 2 aromatic carbocycles. The Bertz CT molecular complexity index is 1880. The summed E-state index contributed by atoms with van der Waals surface area (Å²) in [5.41, 5.74) is 9.93. The normalized spacial score (nSPS) is 12.3. The summed E-state index contributed by atoms with van der Waals surface area (Å²) in [6.07, 6.45) is -1.93. The van der Waals surface area contributed by atoms with Crippen LogP contribution in [-0.4, -0.2) is 47.3 Å². The molecule has 0 saturated carbocycles. The van der Waals surface area contributed by atoms with Crippen molar-refractivity contribution in [3.8, 4) is 45.6 Å². The minimum atomic E-state index is -5.15. The quantitative estimate of drug-likeness (QED) is 0.203. The second kappa shape index (κ2) is 10.8. The van der Waals surface area contributed by atoms with E-state index in [1.807, 2.05) is 36.4 Å². The first-order chi connectivity index (χ1) is 20.3. The van der Waals surface area contributed by atoms with E-state index in [9.17, 15) is 18.0 Å². The van der Waals surface area contributed by atoms with Crippen LogP contribution in [0.25, 0.3) is 56.5 Å². The molecular weight excluding hydrogens is 549 g/mol. The van der Waals surface area contributed by atoms with Crippen molar-refractivity contribution < 1.29 is 22.7 Å². The molecule has 0 radical (unpaired) electrons. The molecule has 0 fully saturated rings. The summed E-state index contributed by atoms with van der Waals surface area (Å²) in [6.45, 7) is 0. The summed E-state index contributed by atoms with van der Waals surface area (Å²) in [7, 11) is 0. The maximum atomic E-state index is 12.6. The van der Waals surface area contributed by atoms with Gasteiger partial charge in [0, 0.05) is 40.7 Å². The summed E-state index contributed by atoms with van der Waals surface area (Å²) in [4.78, 5) is 33.6. The highest BCUT2D eigenvalue weighted by molar-refractivity contribution is 5.97. The second-order valence-corrected chi connectivity index (χ2v) is 9.00. The van der Waals surface area contributed by atoms with Gasteiger partial charge in [-0.3, -0.25) is 15.8 Å². The number of H-pyrrole nitrogens is 1. The number of nitrogens with two attached hydrogens (primary N) is 1. The van der Waals surface area contributed by atoms with E-state index in [0.29, 0.717) is 45.3 Å². The lowest BCUT2D eigenvalue weighted by Gasteiger charge is -2.16. The molecular formula is C29H19F3N8O2. The third-order valence-corrected chi connectivity index (χ3v) is 6.28. The van der Waals surface area contributed by atoms with Crippen LogP contribution < -0.4 is 5.73 Å². The number of benzene rings is 2. The number of alkyl halides is 3. The average Bonchev–Trinajstić information content (AvgIpc) is 3.51. The van der Waals surface area contributed by atoms with Crippen LogP contribution in [0.15, 0.2) is 91.4 Å². The summed E-state index contributed by atoms with van der Waals surface area (Å²) in [6, 6.07) is 21.2. The Labute approximate surface area is 235 Å². The predicted octanol–water partition coefficient (Wildman–Crippen LogP) is 5.27. The SMILES string of the molecule is NC(OC(=O)C(F)(F)F)c1ccc(-c2nc3ccnc(-c4nc(-c5ncccn5)n[nH]4)c3cc2-c2ccccc2)cc1. The summed E-state index contributed by atoms with van der Waals surface area (Å²) >= 11 is 0. The fourth-order valence-electron chi connectivity index (χ4n) is 4.31. The number of esters is 1. The van der Waals surface area contributed by atoms with Crippen molar-refractivity contribution in [1.82, 2.24) is 35.1 Å². The van der Waals surface area contributed by atoms with E-state index < -0.39 is 18.4 Å². The van der Waals surface area contributed by atoms with E-state index >= 15 is 0 Å². The van der Waals surface area contributed by atoms with Gasteiger partial charge >= 0.3 is 12.1 Å². The number of hydrogen-bond acceptors (Lipinski definition) is 9. The van der Waals surface area contributed by atoms with Crippen LogP contribution in [-0.2, 0) is 9.53 Å². The van der Waals surface area contributed by atoms with Crippen molar-refractivity contribution in [2.24, 2.45) is 5.73 Å². The zero-order chi connectivity index (χ0) is 29.3. The van der Waals surface area contributed by atoms with Crippen molar-refractivity contribution in [3.63, 3.8) is 0 Å². The maximum Gasteiger partial charge on any atom is 0.490 e. The highest BCUT2D eigenvalue weighted by Crippen LogP contribution is 2.36. The molecule has 0 aliphatic heterocycles. The number of carbonyl (C=O) groups is 1. The van der Waals surface area contributed by atoms with Gasteiger partial charge in [-0.15, -0.1) is 5.10 Å². The molecule has 1 atom stereocenters. The van der Waals surface area contributed by atoms with E-state index in [2.05, 4.69) is 34.9 Å². The van der Waals surface area contributed by atoms with Crippen molar-refractivity contribution in [1.29, 1.82) is 0 Å². The molecule has 0 bridgehead atoms. The third kappa shape index (κ3) is 5.28.